The zero-order valence-corrected chi connectivity index (χ0v) is 14.2. The Labute approximate surface area is 134 Å². The highest BCUT2D eigenvalue weighted by Crippen LogP contribution is 2.45. The van der Waals surface area contributed by atoms with Crippen molar-refractivity contribution < 1.29 is 4.57 Å². The van der Waals surface area contributed by atoms with Crippen LogP contribution in [0.2, 0.25) is 0 Å². The van der Waals surface area contributed by atoms with E-state index in [2.05, 4.69) is 13.0 Å². The highest BCUT2D eigenvalue weighted by molar-refractivity contribution is 7.81. The smallest absolute Gasteiger partial charge is 0.163 e. The van der Waals surface area contributed by atoms with Crippen molar-refractivity contribution >= 4 is 17.8 Å². The average Bonchev–Trinajstić information content (AvgIpc) is 2.59. The largest absolute Gasteiger partial charge is 0.309 e. The first-order valence-electron chi connectivity index (χ1n) is 8.16. The normalized spacial score (nSPS) is 11.9. The highest BCUT2D eigenvalue weighted by atomic mass is 31.2. The number of benzene rings is 2. The molecule has 0 aromatic heterocycles. The molecule has 2 aromatic rings. The summed E-state index contributed by atoms with van der Waals surface area (Å²) in [4.78, 5) is 0. The molecule has 0 heterocycles. The molecule has 0 amide bonds. The molecule has 0 fully saturated rings. The Hall–Kier alpha value is -1.59. The van der Waals surface area contributed by atoms with Gasteiger partial charge in [-0.25, -0.2) is 0 Å². The van der Waals surface area contributed by atoms with E-state index in [4.69, 9.17) is 0 Å². The predicted molar refractivity (Wildman–Crippen MR) is 97.7 cm³/mol. The first kappa shape index (κ1) is 16.8. The van der Waals surface area contributed by atoms with Gasteiger partial charge in [0, 0.05) is 10.6 Å². The summed E-state index contributed by atoms with van der Waals surface area (Å²) >= 11 is 0. The van der Waals surface area contributed by atoms with Gasteiger partial charge in [0.2, 0.25) is 0 Å². The fourth-order valence-corrected chi connectivity index (χ4v) is 4.85. The monoisotopic (exact) mass is 312 g/mol. The van der Waals surface area contributed by atoms with Crippen molar-refractivity contribution in [3.05, 3.63) is 72.6 Å². The van der Waals surface area contributed by atoms with E-state index >= 15 is 0 Å². The van der Waals surface area contributed by atoms with Crippen LogP contribution in [0.1, 0.15) is 39.0 Å². The van der Waals surface area contributed by atoms with E-state index in [9.17, 15) is 4.57 Å². The number of hydrogen-bond donors (Lipinski definition) is 0. The summed E-state index contributed by atoms with van der Waals surface area (Å²) in [6.45, 7) is 2.22. The summed E-state index contributed by atoms with van der Waals surface area (Å²) < 4.78 is 13.6. The Bertz CT molecular complexity index is 573. The number of unbranched alkanes of at least 4 members (excludes halogenated alkanes) is 4. The molecule has 22 heavy (non-hydrogen) atoms. The lowest BCUT2D eigenvalue weighted by molar-refractivity contribution is 0.592. The van der Waals surface area contributed by atoms with E-state index < -0.39 is 7.14 Å². The Kier molecular flexibility index (Phi) is 6.68. The Morgan fingerprint density at radius 2 is 1.36 bits per heavy atom. The molecule has 0 saturated heterocycles. The van der Waals surface area contributed by atoms with Gasteiger partial charge in [0.05, 0.1) is 0 Å². The summed E-state index contributed by atoms with van der Waals surface area (Å²) in [6.07, 6.45) is 8.06. The first-order chi connectivity index (χ1) is 10.8. The SMILES string of the molecule is CCCCCC/C=C\P(=O)(c1ccccc1)c1ccccc1. The first-order valence-corrected chi connectivity index (χ1v) is 9.93. The maximum Gasteiger partial charge on any atom is 0.163 e. The lowest BCUT2D eigenvalue weighted by Crippen LogP contribution is -2.13. The van der Waals surface area contributed by atoms with Crippen LogP contribution < -0.4 is 10.6 Å². The maximum atomic E-state index is 13.6. The molecular formula is C20H25OP. The third-order valence-corrected chi connectivity index (χ3v) is 6.58. The van der Waals surface area contributed by atoms with Gasteiger partial charge in [0.15, 0.2) is 7.14 Å². The third-order valence-electron chi connectivity index (χ3n) is 3.82. The van der Waals surface area contributed by atoms with E-state index in [0.717, 1.165) is 17.0 Å². The van der Waals surface area contributed by atoms with E-state index in [1.54, 1.807) is 0 Å². The van der Waals surface area contributed by atoms with Crippen LogP contribution in [0.3, 0.4) is 0 Å². The molecule has 116 valence electrons. The topological polar surface area (TPSA) is 17.1 Å². The van der Waals surface area contributed by atoms with Crippen molar-refractivity contribution in [2.75, 3.05) is 0 Å². The van der Waals surface area contributed by atoms with Crippen molar-refractivity contribution in [3.63, 3.8) is 0 Å². The van der Waals surface area contributed by atoms with Crippen LogP contribution in [-0.2, 0) is 4.57 Å². The molecule has 0 saturated carbocycles. The van der Waals surface area contributed by atoms with Gasteiger partial charge >= 0.3 is 0 Å². The summed E-state index contributed by atoms with van der Waals surface area (Å²) in [5, 5.41) is 1.82. The second kappa shape index (κ2) is 8.76. The quantitative estimate of drug-likeness (QED) is 0.465. The summed E-state index contributed by atoms with van der Waals surface area (Å²) in [5.74, 6) is 1.95. The van der Waals surface area contributed by atoms with Gasteiger partial charge in [-0.3, -0.25) is 0 Å². The lowest BCUT2D eigenvalue weighted by Gasteiger charge is -2.15. The zero-order valence-electron chi connectivity index (χ0n) is 13.3. The van der Waals surface area contributed by atoms with Crippen molar-refractivity contribution in [1.82, 2.24) is 0 Å². The van der Waals surface area contributed by atoms with Gasteiger partial charge in [-0.15, -0.1) is 0 Å². The minimum atomic E-state index is -2.66. The van der Waals surface area contributed by atoms with Crippen LogP contribution in [-0.4, -0.2) is 0 Å². The zero-order chi connectivity index (χ0) is 15.7. The van der Waals surface area contributed by atoms with Crippen molar-refractivity contribution in [2.24, 2.45) is 0 Å². The molecule has 0 unspecified atom stereocenters. The molecule has 0 radical (unpaired) electrons. The third kappa shape index (κ3) is 4.45. The minimum absolute atomic E-state index is 0.908. The fraction of sp³-hybridized carbons (Fsp3) is 0.300. The molecule has 0 aliphatic carbocycles. The molecule has 0 atom stereocenters. The van der Waals surface area contributed by atoms with Crippen molar-refractivity contribution in [1.29, 1.82) is 0 Å². The standard InChI is InChI=1S/C20H25OP/c1-2-3-4-5-6-13-18-22(21,19-14-9-7-10-15-19)20-16-11-8-12-17-20/h7-18H,2-6H2,1H3/b18-13-. The van der Waals surface area contributed by atoms with E-state index in [0.29, 0.717) is 0 Å². The number of allylic oxidation sites excluding steroid dienone is 1. The average molecular weight is 312 g/mol. The predicted octanol–water partition coefficient (Wildman–Crippen LogP) is 5.48. The van der Waals surface area contributed by atoms with Gasteiger partial charge in [0.25, 0.3) is 0 Å². The van der Waals surface area contributed by atoms with Crippen LogP contribution in [0.15, 0.2) is 72.6 Å². The Morgan fingerprint density at radius 1 is 0.818 bits per heavy atom. The molecule has 0 aliphatic rings. The van der Waals surface area contributed by atoms with Crippen LogP contribution in [0.5, 0.6) is 0 Å². The Morgan fingerprint density at radius 3 is 1.86 bits per heavy atom. The summed E-state index contributed by atoms with van der Waals surface area (Å²) in [6, 6.07) is 19.6. The molecular weight excluding hydrogens is 287 g/mol. The molecule has 0 bridgehead atoms. The molecule has 0 spiro atoms. The van der Waals surface area contributed by atoms with Crippen LogP contribution in [0.4, 0.5) is 0 Å². The van der Waals surface area contributed by atoms with E-state index in [1.165, 1.54) is 25.7 Å². The molecule has 2 aromatic carbocycles. The van der Waals surface area contributed by atoms with Crippen LogP contribution in [0, 0.1) is 0 Å². The van der Waals surface area contributed by atoms with Gasteiger partial charge in [0.1, 0.15) is 0 Å². The summed E-state index contributed by atoms with van der Waals surface area (Å²) in [5.41, 5.74) is 0. The van der Waals surface area contributed by atoms with Gasteiger partial charge in [-0.1, -0.05) is 92.9 Å². The van der Waals surface area contributed by atoms with E-state index in [-0.39, 0.29) is 0 Å². The second-order valence-electron chi connectivity index (χ2n) is 5.56. The Balaban J connectivity index is 2.20. The summed E-state index contributed by atoms with van der Waals surface area (Å²) in [7, 11) is -2.66. The lowest BCUT2D eigenvalue weighted by atomic mass is 10.2. The van der Waals surface area contributed by atoms with Crippen molar-refractivity contribution in [3.8, 4) is 0 Å². The van der Waals surface area contributed by atoms with Crippen LogP contribution >= 0.6 is 7.14 Å². The number of rotatable bonds is 8. The van der Waals surface area contributed by atoms with Gasteiger partial charge < -0.3 is 4.57 Å². The van der Waals surface area contributed by atoms with Gasteiger partial charge in [-0.2, -0.15) is 0 Å². The van der Waals surface area contributed by atoms with Crippen LogP contribution in [0.25, 0.3) is 0 Å². The molecule has 0 N–H and O–H groups in total. The minimum Gasteiger partial charge on any atom is -0.309 e. The fourth-order valence-electron chi connectivity index (χ4n) is 2.53. The molecule has 2 heteroatoms. The second-order valence-corrected chi connectivity index (χ2v) is 8.21. The van der Waals surface area contributed by atoms with Gasteiger partial charge in [-0.05, 0) is 18.7 Å². The highest BCUT2D eigenvalue weighted by Gasteiger charge is 2.23. The maximum absolute atomic E-state index is 13.6. The van der Waals surface area contributed by atoms with E-state index in [1.807, 2.05) is 66.5 Å². The molecule has 0 aliphatic heterocycles. The number of hydrogen-bond acceptors (Lipinski definition) is 1. The van der Waals surface area contributed by atoms with Crippen molar-refractivity contribution in [2.45, 2.75) is 39.0 Å². The molecule has 2 rings (SSSR count). The molecule has 1 nitrogen and oxygen atoms in total.